The Morgan fingerprint density at radius 2 is 1.55 bits per heavy atom. The number of aliphatic hydroxyl groups excluding tert-OH is 1. The SMILES string of the molecule is CCCCOC(=O)[C@H](Cc1ccccc1)NC(=O)[C@H](CC(C)C)NC(=O)[C@H](CO)NC(C)=O. The monoisotopic (exact) mass is 463 g/mol. The number of hydrogen-bond donors (Lipinski definition) is 4. The fourth-order valence-corrected chi connectivity index (χ4v) is 3.15. The third-order valence-corrected chi connectivity index (χ3v) is 4.84. The molecule has 1 aromatic rings. The average molecular weight is 464 g/mol. The van der Waals surface area contributed by atoms with Crippen molar-refractivity contribution < 1.29 is 29.0 Å². The number of benzene rings is 1. The first-order valence-electron chi connectivity index (χ1n) is 11.4. The summed E-state index contributed by atoms with van der Waals surface area (Å²) in [5, 5.41) is 17.1. The number of aliphatic hydroxyl groups is 1. The van der Waals surface area contributed by atoms with Crippen molar-refractivity contribution in [2.45, 2.75) is 71.5 Å². The van der Waals surface area contributed by atoms with E-state index in [0.29, 0.717) is 6.42 Å². The molecule has 3 amide bonds. The summed E-state index contributed by atoms with van der Waals surface area (Å²) >= 11 is 0. The number of carbonyl (C=O) groups excluding carboxylic acids is 4. The number of rotatable bonds is 14. The molecule has 0 saturated heterocycles. The van der Waals surface area contributed by atoms with E-state index in [4.69, 9.17) is 4.74 Å². The molecule has 0 aliphatic rings. The molecule has 0 spiro atoms. The number of carbonyl (C=O) groups is 4. The highest BCUT2D eigenvalue weighted by atomic mass is 16.5. The fourth-order valence-electron chi connectivity index (χ4n) is 3.15. The van der Waals surface area contributed by atoms with Gasteiger partial charge in [-0.3, -0.25) is 14.4 Å². The first-order valence-corrected chi connectivity index (χ1v) is 11.4. The van der Waals surface area contributed by atoms with Crippen LogP contribution in [0.15, 0.2) is 30.3 Å². The van der Waals surface area contributed by atoms with Crippen LogP contribution >= 0.6 is 0 Å². The van der Waals surface area contributed by atoms with Gasteiger partial charge in [-0.05, 0) is 24.3 Å². The smallest absolute Gasteiger partial charge is 0.328 e. The molecular formula is C24H37N3O6. The quantitative estimate of drug-likeness (QED) is 0.241. The van der Waals surface area contributed by atoms with Gasteiger partial charge in [0.25, 0.3) is 0 Å². The molecule has 184 valence electrons. The number of nitrogens with one attached hydrogen (secondary N) is 3. The van der Waals surface area contributed by atoms with Gasteiger partial charge in [-0.15, -0.1) is 0 Å². The number of ether oxygens (including phenoxy) is 1. The van der Waals surface area contributed by atoms with Gasteiger partial charge in [-0.2, -0.15) is 0 Å². The molecule has 0 heterocycles. The third kappa shape index (κ3) is 11.0. The zero-order valence-corrected chi connectivity index (χ0v) is 19.9. The molecule has 3 atom stereocenters. The second kappa shape index (κ2) is 15.0. The summed E-state index contributed by atoms with van der Waals surface area (Å²) in [5.74, 6) is -2.18. The predicted molar refractivity (Wildman–Crippen MR) is 124 cm³/mol. The number of hydrogen-bond acceptors (Lipinski definition) is 6. The number of unbranched alkanes of at least 4 members (excludes halogenated alkanes) is 1. The lowest BCUT2D eigenvalue weighted by Gasteiger charge is -2.25. The van der Waals surface area contributed by atoms with Gasteiger partial charge in [0.05, 0.1) is 13.2 Å². The van der Waals surface area contributed by atoms with Gasteiger partial charge in [-0.25, -0.2) is 4.79 Å². The normalized spacial score (nSPS) is 13.5. The average Bonchev–Trinajstić information content (AvgIpc) is 2.76. The Bertz CT molecular complexity index is 769. The molecule has 0 fully saturated rings. The maximum atomic E-state index is 13.1. The van der Waals surface area contributed by atoms with Crippen LogP contribution in [-0.4, -0.2) is 60.1 Å². The maximum absolute atomic E-state index is 13.1. The standard InChI is InChI=1S/C24H37N3O6/c1-5-6-12-33-24(32)20(14-18-10-8-7-9-11-18)27-22(30)19(13-16(2)3)26-23(31)21(15-28)25-17(4)29/h7-11,16,19-21,28H,5-6,12-15H2,1-4H3,(H,25,29)(H,26,31)(H,27,30)/t19-,20-,21-/m0/s1. The molecule has 4 N–H and O–H groups in total. The summed E-state index contributed by atoms with van der Waals surface area (Å²) in [7, 11) is 0. The summed E-state index contributed by atoms with van der Waals surface area (Å²) in [6, 6.07) is 6.19. The molecule has 0 bridgehead atoms. The van der Waals surface area contributed by atoms with Crippen LogP contribution in [-0.2, 0) is 30.3 Å². The van der Waals surface area contributed by atoms with Gasteiger partial charge in [0.2, 0.25) is 17.7 Å². The highest BCUT2D eigenvalue weighted by Gasteiger charge is 2.30. The topological polar surface area (TPSA) is 134 Å². The highest BCUT2D eigenvalue weighted by molar-refractivity contribution is 5.93. The predicted octanol–water partition coefficient (Wildman–Crippen LogP) is 1.09. The summed E-state index contributed by atoms with van der Waals surface area (Å²) in [5.41, 5.74) is 0.852. The molecule has 0 unspecified atom stereocenters. The summed E-state index contributed by atoms with van der Waals surface area (Å²) in [6.07, 6.45) is 2.13. The molecule has 9 nitrogen and oxygen atoms in total. The minimum absolute atomic E-state index is 0.0541. The Morgan fingerprint density at radius 3 is 2.09 bits per heavy atom. The molecule has 9 heteroatoms. The lowest BCUT2D eigenvalue weighted by molar-refractivity contribution is -0.148. The van der Waals surface area contributed by atoms with Crippen LogP contribution in [0.1, 0.15) is 52.5 Å². The molecule has 0 aliphatic heterocycles. The van der Waals surface area contributed by atoms with Crippen LogP contribution in [0.4, 0.5) is 0 Å². The van der Waals surface area contributed by atoms with Crippen LogP contribution in [0.2, 0.25) is 0 Å². The van der Waals surface area contributed by atoms with E-state index < -0.39 is 48.4 Å². The second-order valence-corrected chi connectivity index (χ2v) is 8.40. The summed E-state index contributed by atoms with van der Waals surface area (Å²) in [6.45, 7) is 6.65. The van der Waals surface area contributed by atoms with Gasteiger partial charge >= 0.3 is 5.97 Å². The molecule has 0 radical (unpaired) electrons. The Hall–Kier alpha value is -2.94. The van der Waals surface area contributed by atoms with E-state index >= 15 is 0 Å². The Balaban J connectivity index is 2.99. The lowest BCUT2D eigenvalue weighted by Crippen LogP contribution is -2.57. The second-order valence-electron chi connectivity index (χ2n) is 8.40. The van der Waals surface area contributed by atoms with Crippen molar-refractivity contribution in [2.24, 2.45) is 5.92 Å². The van der Waals surface area contributed by atoms with Gasteiger partial charge < -0.3 is 25.8 Å². The Labute approximate surface area is 195 Å². The summed E-state index contributed by atoms with van der Waals surface area (Å²) in [4.78, 5) is 49.6. The van der Waals surface area contributed by atoms with E-state index in [2.05, 4.69) is 16.0 Å². The molecule has 33 heavy (non-hydrogen) atoms. The van der Waals surface area contributed by atoms with E-state index in [1.165, 1.54) is 6.92 Å². The van der Waals surface area contributed by atoms with Crippen LogP contribution in [0.3, 0.4) is 0 Å². The van der Waals surface area contributed by atoms with Crippen molar-refractivity contribution in [1.82, 2.24) is 16.0 Å². The van der Waals surface area contributed by atoms with E-state index in [-0.39, 0.29) is 18.9 Å². The largest absolute Gasteiger partial charge is 0.464 e. The van der Waals surface area contributed by atoms with Gasteiger partial charge in [0, 0.05) is 13.3 Å². The van der Waals surface area contributed by atoms with Crippen LogP contribution in [0.25, 0.3) is 0 Å². The molecule has 0 saturated carbocycles. The first-order chi connectivity index (χ1) is 15.7. The van der Waals surface area contributed by atoms with Crippen molar-refractivity contribution >= 4 is 23.7 Å². The minimum atomic E-state index is -1.18. The minimum Gasteiger partial charge on any atom is -0.464 e. The van der Waals surface area contributed by atoms with E-state index in [9.17, 15) is 24.3 Å². The van der Waals surface area contributed by atoms with Gasteiger partial charge in [-0.1, -0.05) is 57.5 Å². The third-order valence-electron chi connectivity index (χ3n) is 4.84. The van der Waals surface area contributed by atoms with E-state index in [1.54, 1.807) is 0 Å². The highest BCUT2D eigenvalue weighted by Crippen LogP contribution is 2.09. The van der Waals surface area contributed by atoms with Gasteiger partial charge in [0.1, 0.15) is 18.1 Å². The zero-order valence-electron chi connectivity index (χ0n) is 19.9. The zero-order chi connectivity index (χ0) is 24.8. The van der Waals surface area contributed by atoms with Crippen molar-refractivity contribution in [3.63, 3.8) is 0 Å². The first kappa shape index (κ1) is 28.1. The van der Waals surface area contributed by atoms with Crippen molar-refractivity contribution in [2.75, 3.05) is 13.2 Å². The Morgan fingerprint density at radius 1 is 0.939 bits per heavy atom. The molecule has 0 aromatic heterocycles. The van der Waals surface area contributed by atoms with Crippen molar-refractivity contribution in [3.8, 4) is 0 Å². The van der Waals surface area contributed by atoms with Crippen LogP contribution < -0.4 is 16.0 Å². The van der Waals surface area contributed by atoms with Gasteiger partial charge in [0.15, 0.2) is 0 Å². The molecule has 0 aliphatic carbocycles. The Kier molecular flexibility index (Phi) is 12.8. The lowest BCUT2D eigenvalue weighted by atomic mass is 10.0. The van der Waals surface area contributed by atoms with Crippen molar-refractivity contribution in [3.05, 3.63) is 35.9 Å². The van der Waals surface area contributed by atoms with E-state index in [1.807, 2.05) is 51.1 Å². The van der Waals surface area contributed by atoms with Crippen LogP contribution in [0, 0.1) is 5.92 Å². The number of esters is 1. The molecular weight excluding hydrogens is 426 g/mol. The summed E-state index contributed by atoms with van der Waals surface area (Å²) < 4.78 is 5.34. The maximum Gasteiger partial charge on any atom is 0.328 e. The van der Waals surface area contributed by atoms with Crippen molar-refractivity contribution in [1.29, 1.82) is 0 Å². The fraction of sp³-hybridized carbons (Fsp3) is 0.583. The molecule has 1 rings (SSSR count). The van der Waals surface area contributed by atoms with Crippen LogP contribution in [0.5, 0.6) is 0 Å². The number of amides is 3. The van der Waals surface area contributed by atoms with E-state index in [0.717, 1.165) is 18.4 Å². The molecule has 1 aromatic carbocycles.